The van der Waals surface area contributed by atoms with E-state index in [-0.39, 0.29) is 0 Å². The number of hydrogen-bond acceptors (Lipinski definition) is 5. The molecule has 0 saturated carbocycles. The van der Waals surface area contributed by atoms with E-state index in [4.69, 9.17) is 10.5 Å². The molecule has 4 rings (SSSR count). The van der Waals surface area contributed by atoms with Crippen LogP contribution in [-0.4, -0.2) is 22.1 Å². The van der Waals surface area contributed by atoms with E-state index in [1.54, 1.807) is 19.5 Å². The van der Waals surface area contributed by atoms with Gasteiger partial charge in [0.2, 0.25) is 0 Å². The van der Waals surface area contributed by atoms with E-state index < -0.39 is 0 Å². The standard InChI is InChI=1S/C21H18N4O/c1-26-17-6-2-4-14(11-17)10-15-7-8-19-18(12-15)20(22)25-21(24-19)16-5-3-9-23-13-16/h2-9,11-13H,10H2,1H3,(H2,22,24,25). The minimum absolute atomic E-state index is 0.473. The lowest BCUT2D eigenvalue weighted by atomic mass is 10.0. The number of rotatable bonds is 4. The summed E-state index contributed by atoms with van der Waals surface area (Å²) in [5, 5.41) is 0.859. The number of nitrogens with two attached hydrogens (primary N) is 1. The molecular formula is C21H18N4O. The predicted molar refractivity (Wildman–Crippen MR) is 103 cm³/mol. The first-order valence-corrected chi connectivity index (χ1v) is 8.32. The molecule has 0 fully saturated rings. The Bertz CT molecular complexity index is 1060. The van der Waals surface area contributed by atoms with Gasteiger partial charge in [0.1, 0.15) is 11.6 Å². The van der Waals surface area contributed by atoms with Crippen LogP contribution in [0.2, 0.25) is 0 Å². The smallest absolute Gasteiger partial charge is 0.163 e. The Morgan fingerprint density at radius 2 is 1.85 bits per heavy atom. The predicted octanol–water partition coefficient (Wildman–Crippen LogP) is 3.87. The average molecular weight is 342 g/mol. The van der Waals surface area contributed by atoms with Gasteiger partial charge in [-0.15, -0.1) is 0 Å². The van der Waals surface area contributed by atoms with Crippen LogP contribution >= 0.6 is 0 Å². The van der Waals surface area contributed by atoms with Crippen LogP contribution in [0.3, 0.4) is 0 Å². The second kappa shape index (κ2) is 6.80. The lowest BCUT2D eigenvalue weighted by Crippen LogP contribution is -1.99. The molecule has 0 atom stereocenters. The highest BCUT2D eigenvalue weighted by molar-refractivity contribution is 5.90. The Kier molecular flexibility index (Phi) is 4.19. The summed E-state index contributed by atoms with van der Waals surface area (Å²) in [5.74, 6) is 1.91. The number of nitrogens with zero attached hydrogens (tertiary/aromatic N) is 3. The van der Waals surface area contributed by atoms with Crippen molar-refractivity contribution < 1.29 is 4.74 Å². The molecule has 2 aromatic carbocycles. The molecule has 0 aliphatic heterocycles. The number of nitrogen functional groups attached to an aromatic ring is 1. The molecule has 2 aromatic heterocycles. The topological polar surface area (TPSA) is 73.9 Å². The van der Waals surface area contributed by atoms with Crippen LogP contribution < -0.4 is 10.5 Å². The van der Waals surface area contributed by atoms with Gasteiger partial charge in [-0.2, -0.15) is 0 Å². The third kappa shape index (κ3) is 3.19. The molecule has 0 bridgehead atoms. The van der Waals surface area contributed by atoms with Gasteiger partial charge in [0.15, 0.2) is 5.82 Å². The summed E-state index contributed by atoms with van der Waals surface area (Å²) in [6.45, 7) is 0. The van der Waals surface area contributed by atoms with Crippen molar-refractivity contribution in [2.24, 2.45) is 0 Å². The molecule has 0 aliphatic rings. The van der Waals surface area contributed by atoms with Crippen LogP contribution in [0, 0.1) is 0 Å². The molecule has 0 radical (unpaired) electrons. The lowest BCUT2D eigenvalue weighted by Gasteiger charge is -2.08. The van der Waals surface area contributed by atoms with Crippen LogP contribution in [0.25, 0.3) is 22.3 Å². The summed E-state index contributed by atoms with van der Waals surface area (Å²) in [6, 6.07) is 17.9. The fourth-order valence-corrected chi connectivity index (χ4v) is 2.95. The fourth-order valence-electron chi connectivity index (χ4n) is 2.95. The van der Waals surface area contributed by atoms with Gasteiger partial charge < -0.3 is 10.5 Å². The van der Waals surface area contributed by atoms with Gasteiger partial charge in [-0.1, -0.05) is 18.2 Å². The highest BCUT2D eigenvalue weighted by Gasteiger charge is 2.09. The molecule has 0 saturated heterocycles. The summed E-state index contributed by atoms with van der Waals surface area (Å²) in [7, 11) is 1.67. The van der Waals surface area contributed by atoms with Crippen molar-refractivity contribution in [3.8, 4) is 17.1 Å². The molecule has 2 heterocycles. The van der Waals surface area contributed by atoms with E-state index in [0.717, 1.165) is 34.2 Å². The maximum absolute atomic E-state index is 6.21. The van der Waals surface area contributed by atoms with Crippen molar-refractivity contribution in [3.05, 3.63) is 78.1 Å². The molecule has 0 aliphatic carbocycles. The van der Waals surface area contributed by atoms with E-state index >= 15 is 0 Å². The average Bonchev–Trinajstić information content (AvgIpc) is 2.69. The molecule has 0 unspecified atom stereocenters. The first-order chi connectivity index (χ1) is 12.7. The summed E-state index contributed by atoms with van der Waals surface area (Å²) < 4.78 is 5.29. The van der Waals surface area contributed by atoms with Gasteiger partial charge in [-0.3, -0.25) is 4.98 Å². The zero-order chi connectivity index (χ0) is 17.9. The molecular weight excluding hydrogens is 324 g/mol. The number of hydrogen-bond donors (Lipinski definition) is 1. The van der Waals surface area contributed by atoms with Crippen LogP contribution in [0.4, 0.5) is 5.82 Å². The van der Waals surface area contributed by atoms with Gasteiger partial charge in [0.05, 0.1) is 12.6 Å². The minimum Gasteiger partial charge on any atom is -0.497 e. The fraction of sp³-hybridized carbons (Fsp3) is 0.0952. The largest absolute Gasteiger partial charge is 0.497 e. The van der Waals surface area contributed by atoms with Crippen LogP contribution in [0.15, 0.2) is 67.0 Å². The van der Waals surface area contributed by atoms with Gasteiger partial charge in [-0.25, -0.2) is 9.97 Å². The highest BCUT2D eigenvalue weighted by Crippen LogP contribution is 2.25. The molecule has 0 spiro atoms. The molecule has 0 amide bonds. The van der Waals surface area contributed by atoms with Crippen LogP contribution in [0.1, 0.15) is 11.1 Å². The normalized spacial score (nSPS) is 10.8. The van der Waals surface area contributed by atoms with Crippen molar-refractivity contribution >= 4 is 16.7 Å². The number of benzene rings is 2. The molecule has 5 heteroatoms. The molecule has 2 N–H and O–H groups in total. The number of aromatic nitrogens is 3. The van der Waals surface area contributed by atoms with Crippen LogP contribution in [-0.2, 0) is 6.42 Å². The molecule has 128 valence electrons. The van der Waals surface area contributed by atoms with E-state index in [9.17, 15) is 0 Å². The summed E-state index contributed by atoms with van der Waals surface area (Å²) in [4.78, 5) is 13.2. The maximum Gasteiger partial charge on any atom is 0.163 e. The Balaban J connectivity index is 1.70. The van der Waals surface area contributed by atoms with E-state index in [1.807, 2.05) is 36.4 Å². The Hall–Kier alpha value is -3.47. The zero-order valence-electron chi connectivity index (χ0n) is 14.4. The van der Waals surface area contributed by atoms with Gasteiger partial charge in [-0.05, 0) is 53.9 Å². The maximum atomic E-state index is 6.21. The third-order valence-electron chi connectivity index (χ3n) is 4.25. The van der Waals surface area contributed by atoms with Crippen LogP contribution in [0.5, 0.6) is 5.75 Å². The summed E-state index contributed by atoms with van der Waals surface area (Å²) in [6.07, 6.45) is 4.24. The zero-order valence-corrected chi connectivity index (χ0v) is 14.4. The van der Waals surface area contributed by atoms with Gasteiger partial charge in [0, 0.05) is 23.3 Å². The van der Waals surface area contributed by atoms with Crippen molar-refractivity contribution in [3.63, 3.8) is 0 Å². The lowest BCUT2D eigenvalue weighted by molar-refractivity contribution is 0.414. The molecule has 5 nitrogen and oxygen atoms in total. The second-order valence-electron chi connectivity index (χ2n) is 6.05. The Labute approximate surface area is 151 Å². The first-order valence-electron chi connectivity index (χ1n) is 8.32. The number of anilines is 1. The SMILES string of the molecule is COc1cccc(Cc2ccc3nc(-c4cccnc4)nc(N)c3c2)c1. The Morgan fingerprint density at radius 1 is 0.962 bits per heavy atom. The summed E-state index contributed by atoms with van der Waals surface area (Å²) in [5.41, 5.74) is 10.2. The van der Waals surface area contributed by atoms with Crippen molar-refractivity contribution in [2.45, 2.75) is 6.42 Å². The van der Waals surface area contributed by atoms with Gasteiger partial charge in [0.25, 0.3) is 0 Å². The summed E-state index contributed by atoms with van der Waals surface area (Å²) >= 11 is 0. The molecule has 4 aromatic rings. The van der Waals surface area contributed by atoms with E-state index in [2.05, 4.69) is 33.2 Å². The number of ether oxygens (including phenoxy) is 1. The monoisotopic (exact) mass is 342 g/mol. The second-order valence-corrected chi connectivity index (χ2v) is 6.05. The van der Waals surface area contributed by atoms with Crippen molar-refractivity contribution in [1.29, 1.82) is 0 Å². The minimum atomic E-state index is 0.473. The molecule has 26 heavy (non-hydrogen) atoms. The highest BCUT2D eigenvalue weighted by atomic mass is 16.5. The van der Waals surface area contributed by atoms with Gasteiger partial charge >= 0.3 is 0 Å². The quantitative estimate of drug-likeness (QED) is 0.609. The Morgan fingerprint density at radius 3 is 2.65 bits per heavy atom. The first kappa shape index (κ1) is 16.0. The van der Waals surface area contributed by atoms with Crippen molar-refractivity contribution in [2.75, 3.05) is 12.8 Å². The van der Waals surface area contributed by atoms with Crippen molar-refractivity contribution in [1.82, 2.24) is 15.0 Å². The number of methoxy groups -OCH3 is 1. The third-order valence-corrected chi connectivity index (χ3v) is 4.25. The number of fused-ring (bicyclic) bond motifs is 1. The van der Waals surface area contributed by atoms with E-state index in [1.165, 1.54) is 5.56 Å². The number of pyridine rings is 1. The van der Waals surface area contributed by atoms with E-state index in [0.29, 0.717) is 11.6 Å².